The highest BCUT2D eigenvalue weighted by molar-refractivity contribution is 6.22. The van der Waals surface area contributed by atoms with Crippen molar-refractivity contribution in [3.05, 3.63) is 39.9 Å². The van der Waals surface area contributed by atoms with Crippen LogP contribution >= 0.6 is 0 Å². The first kappa shape index (κ1) is 14.5. The Kier molecular flexibility index (Phi) is 3.12. The van der Waals surface area contributed by atoms with E-state index in [1.54, 1.807) is 0 Å². The molecule has 2 saturated carbocycles. The van der Waals surface area contributed by atoms with Gasteiger partial charge in [-0.25, -0.2) is 9.59 Å². The molecule has 0 aromatic carbocycles. The second-order valence-corrected chi connectivity index (χ2v) is 6.88. The number of furan rings is 1. The van der Waals surface area contributed by atoms with Gasteiger partial charge in [0.25, 0.3) is 0 Å². The number of carbonyl (C=O) groups is 2. The average Bonchev–Trinajstić information content (AvgIpc) is 3.38. The lowest BCUT2D eigenvalue weighted by molar-refractivity contribution is -0.149. The van der Waals surface area contributed by atoms with E-state index < -0.39 is 11.9 Å². The van der Waals surface area contributed by atoms with Crippen molar-refractivity contribution < 1.29 is 18.7 Å². The maximum absolute atomic E-state index is 12.4. The summed E-state index contributed by atoms with van der Waals surface area (Å²) in [4.78, 5) is 24.7. The Morgan fingerprint density at radius 3 is 2.04 bits per heavy atom. The van der Waals surface area contributed by atoms with Gasteiger partial charge in [0.05, 0.1) is 11.1 Å². The molecule has 1 aromatic rings. The third-order valence-corrected chi connectivity index (χ3v) is 4.99. The van der Waals surface area contributed by atoms with Crippen molar-refractivity contribution in [3.8, 4) is 0 Å². The molecule has 1 aliphatic heterocycles. The van der Waals surface area contributed by atoms with Crippen LogP contribution in [0.1, 0.15) is 49.7 Å². The van der Waals surface area contributed by atoms with E-state index in [0.717, 1.165) is 48.3 Å². The summed E-state index contributed by atoms with van der Waals surface area (Å²) in [5, 5.41) is 0. The average molecular weight is 312 g/mol. The molecule has 2 aliphatic carbocycles. The van der Waals surface area contributed by atoms with Crippen LogP contribution in [0.15, 0.2) is 27.2 Å². The lowest BCUT2D eigenvalue weighted by Crippen LogP contribution is -2.05. The number of carbonyl (C=O) groups excluding carboxylic acids is 2. The van der Waals surface area contributed by atoms with Crippen molar-refractivity contribution in [2.45, 2.75) is 46.5 Å². The molecule has 0 atom stereocenters. The van der Waals surface area contributed by atoms with E-state index in [1.165, 1.54) is 5.57 Å². The molecule has 0 N–H and O–H groups in total. The molecule has 120 valence electrons. The normalized spacial score (nSPS) is 23.3. The van der Waals surface area contributed by atoms with Gasteiger partial charge in [-0.1, -0.05) is 0 Å². The van der Waals surface area contributed by atoms with Crippen LogP contribution in [-0.4, -0.2) is 11.9 Å². The number of ether oxygens (including phenoxy) is 1. The number of cyclic esters (lactones) is 2. The minimum Gasteiger partial charge on any atom is -0.466 e. The van der Waals surface area contributed by atoms with E-state index in [-0.39, 0.29) is 0 Å². The van der Waals surface area contributed by atoms with Crippen LogP contribution in [0.5, 0.6) is 0 Å². The van der Waals surface area contributed by atoms with Crippen LogP contribution in [0, 0.1) is 25.7 Å². The molecule has 2 heterocycles. The van der Waals surface area contributed by atoms with Gasteiger partial charge in [0.15, 0.2) is 0 Å². The summed E-state index contributed by atoms with van der Waals surface area (Å²) in [6.45, 7) is 5.63. The van der Waals surface area contributed by atoms with Gasteiger partial charge in [0.1, 0.15) is 11.5 Å². The molecule has 3 fully saturated rings. The molecule has 4 nitrogen and oxygen atoms in total. The highest BCUT2D eigenvalue weighted by atomic mass is 16.6. The highest BCUT2D eigenvalue weighted by Crippen LogP contribution is 2.52. The maximum Gasteiger partial charge on any atom is 0.347 e. The third-order valence-electron chi connectivity index (χ3n) is 4.99. The first-order valence-corrected chi connectivity index (χ1v) is 8.26. The van der Waals surface area contributed by atoms with Crippen LogP contribution in [-0.2, 0) is 14.3 Å². The van der Waals surface area contributed by atoms with Crippen LogP contribution < -0.4 is 0 Å². The topological polar surface area (TPSA) is 56.5 Å². The van der Waals surface area contributed by atoms with E-state index >= 15 is 0 Å². The Balaban J connectivity index is 1.92. The molecule has 0 amide bonds. The summed E-state index contributed by atoms with van der Waals surface area (Å²) in [6.07, 6.45) is 4.47. The summed E-state index contributed by atoms with van der Waals surface area (Å²) < 4.78 is 10.6. The summed E-state index contributed by atoms with van der Waals surface area (Å²) in [6, 6.07) is 1.92. The van der Waals surface area contributed by atoms with E-state index in [0.29, 0.717) is 23.0 Å². The fourth-order valence-corrected chi connectivity index (χ4v) is 3.66. The first-order chi connectivity index (χ1) is 11.0. The third kappa shape index (κ3) is 2.37. The molecular weight excluding hydrogens is 292 g/mol. The van der Waals surface area contributed by atoms with Crippen molar-refractivity contribution in [3.63, 3.8) is 0 Å². The monoisotopic (exact) mass is 312 g/mol. The summed E-state index contributed by atoms with van der Waals surface area (Å²) in [5.74, 6) is 1.51. The zero-order valence-electron chi connectivity index (χ0n) is 13.7. The van der Waals surface area contributed by atoms with Gasteiger partial charge in [0, 0.05) is 5.56 Å². The molecule has 1 aromatic heterocycles. The van der Waals surface area contributed by atoms with Crippen LogP contribution in [0.2, 0.25) is 0 Å². The number of rotatable bonds is 3. The predicted octanol–water partition coefficient (Wildman–Crippen LogP) is 3.87. The van der Waals surface area contributed by atoms with Gasteiger partial charge in [-0.2, -0.15) is 0 Å². The lowest BCUT2D eigenvalue weighted by atomic mass is 9.90. The standard InChI is InChI=1S/C19H20O4/c1-9-8-14(11(3)22-9)10(2)15-17(19(21)23-18(15)20)16(12-4-5-12)13-6-7-13/h8,12-13H,4-7H2,1-3H3. The molecule has 0 radical (unpaired) electrons. The number of hydrogen-bond donors (Lipinski definition) is 0. The Hall–Kier alpha value is -2.10. The second-order valence-electron chi connectivity index (χ2n) is 6.88. The Bertz CT molecular complexity index is 768. The largest absolute Gasteiger partial charge is 0.466 e. The summed E-state index contributed by atoms with van der Waals surface area (Å²) in [7, 11) is 0. The minimum absolute atomic E-state index is 0.452. The molecule has 0 spiro atoms. The minimum atomic E-state index is -0.514. The van der Waals surface area contributed by atoms with Gasteiger partial charge in [-0.15, -0.1) is 0 Å². The van der Waals surface area contributed by atoms with Gasteiger partial charge in [0.2, 0.25) is 0 Å². The van der Waals surface area contributed by atoms with Crippen LogP contribution in [0.4, 0.5) is 0 Å². The molecule has 1 saturated heterocycles. The van der Waals surface area contributed by atoms with Gasteiger partial charge < -0.3 is 9.15 Å². The van der Waals surface area contributed by atoms with Crippen molar-refractivity contribution >= 4 is 17.5 Å². The van der Waals surface area contributed by atoms with E-state index in [4.69, 9.17) is 9.15 Å². The predicted molar refractivity (Wildman–Crippen MR) is 84.3 cm³/mol. The Morgan fingerprint density at radius 1 is 1.00 bits per heavy atom. The molecule has 0 bridgehead atoms. The van der Waals surface area contributed by atoms with Crippen molar-refractivity contribution in [1.82, 2.24) is 0 Å². The van der Waals surface area contributed by atoms with E-state index in [9.17, 15) is 9.59 Å². The van der Waals surface area contributed by atoms with Gasteiger partial charge >= 0.3 is 11.9 Å². The first-order valence-electron chi connectivity index (χ1n) is 8.26. The molecule has 0 unspecified atom stereocenters. The molecule has 3 aliphatic rings. The Morgan fingerprint density at radius 2 is 1.57 bits per heavy atom. The zero-order chi connectivity index (χ0) is 16.3. The summed E-state index contributed by atoms with van der Waals surface area (Å²) in [5.41, 5.74) is 3.84. The molecule has 23 heavy (non-hydrogen) atoms. The fourth-order valence-electron chi connectivity index (χ4n) is 3.66. The number of aryl methyl sites for hydroxylation is 2. The maximum atomic E-state index is 12.4. The number of esters is 2. The van der Waals surface area contributed by atoms with E-state index in [2.05, 4.69) is 0 Å². The quantitative estimate of drug-likeness (QED) is 0.483. The molecular formula is C19H20O4. The summed E-state index contributed by atoms with van der Waals surface area (Å²) >= 11 is 0. The van der Waals surface area contributed by atoms with Crippen molar-refractivity contribution in [2.75, 3.05) is 0 Å². The SMILES string of the molecule is CC(=C1C(=O)OC(=O)C1=C(C1CC1)C1CC1)c1cc(C)oc1C. The van der Waals surface area contributed by atoms with Crippen LogP contribution in [0.25, 0.3) is 5.57 Å². The zero-order valence-corrected chi connectivity index (χ0v) is 13.7. The Labute approximate surface area is 135 Å². The van der Waals surface area contributed by atoms with Gasteiger partial charge in [-0.3, -0.25) is 0 Å². The highest BCUT2D eigenvalue weighted by Gasteiger charge is 2.46. The second kappa shape index (κ2) is 4.95. The molecule has 4 heteroatoms. The van der Waals surface area contributed by atoms with Crippen LogP contribution in [0.3, 0.4) is 0 Å². The van der Waals surface area contributed by atoms with Gasteiger partial charge in [-0.05, 0) is 75.5 Å². The number of hydrogen-bond acceptors (Lipinski definition) is 4. The van der Waals surface area contributed by atoms with Crippen molar-refractivity contribution in [2.24, 2.45) is 11.8 Å². The number of allylic oxidation sites excluding steroid dienone is 2. The van der Waals surface area contributed by atoms with E-state index in [1.807, 2.05) is 26.8 Å². The lowest BCUT2D eigenvalue weighted by Gasteiger charge is -2.09. The molecule has 4 rings (SSSR count). The smallest absolute Gasteiger partial charge is 0.347 e. The fraction of sp³-hybridized carbons (Fsp3) is 0.474. The van der Waals surface area contributed by atoms with Crippen molar-refractivity contribution in [1.29, 1.82) is 0 Å².